The van der Waals surface area contributed by atoms with Gasteiger partial charge in [-0.25, -0.2) is 0 Å². The molecule has 1 aliphatic rings. The highest BCUT2D eigenvalue weighted by Crippen LogP contribution is 2.22. The summed E-state index contributed by atoms with van der Waals surface area (Å²) in [6.45, 7) is 6.01. The van der Waals surface area contributed by atoms with Crippen LogP contribution < -0.4 is 15.0 Å². The lowest BCUT2D eigenvalue weighted by atomic mass is 10.1. The quantitative estimate of drug-likeness (QED) is 0.627. The molecule has 0 unspecified atom stereocenters. The van der Waals surface area contributed by atoms with Gasteiger partial charge < -0.3 is 19.9 Å². The molecule has 0 aliphatic carbocycles. The molecule has 1 saturated heterocycles. The highest BCUT2D eigenvalue weighted by molar-refractivity contribution is 5.88. The van der Waals surface area contributed by atoms with Crippen molar-refractivity contribution in [1.29, 1.82) is 0 Å². The molecule has 4 rings (SSSR count). The normalized spacial score (nSPS) is 13.5. The zero-order valence-electron chi connectivity index (χ0n) is 18.8. The molecule has 0 atom stereocenters. The SMILES string of the molecule is CC(=O)Nc1cccc(OCC(=O)N2CCN(c3ccc(-c4ccccc4C)nn3)CC2)c1. The fraction of sp³-hybridized carbons (Fsp3) is 0.280. The lowest BCUT2D eigenvalue weighted by molar-refractivity contribution is -0.133. The molecule has 33 heavy (non-hydrogen) atoms. The topological polar surface area (TPSA) is 87.7 Å². The first kappa shape index (κ1) is 22.3. The summed E-state index contributed by atoms with van der Waals surface area (Å²) in [6.07, 6.45) is 0. The first-order chi connectivity index (χ1) is 16.0. The second kappa shape index (κ2) is 10.1. The van der Waals surface area contributed by atoms with E-state index < -0.39 is 0 Å². The lowest BCUT2D eigenvalue weighted by Crippen LogP contribution is -2.50. The number of hydrogen-bond donors (Lipinski definition) is 1. The molecule has 2 amide bonds. The molecular weight excluding hydrogens is 418 g/mol. The van der Waals surface area contributed by atoms with Gasteiger partial charge in [-0.05, 0) is 36.8 Å². The van der Waals surface area contributed by atoms with E-state index in [1.54, 1.807) is 29.2 Å². The van der Waals surface area contributed by atoms with E-state index in [2.05, 4.69) is 33.4 Å². The van der Waals surface area contributed by atoms with Gasteiger partial charge in [0.2, 0.25) is 5.91 Å². The number of aromatic nitrogens is 2. The number of hydrogen-bond acceptors (Lipinski definition) is 6. The molecule has 8 heteroatoms. The van der Waals surface area contributed by atoms with Crippen LogP contribution in [0.5, 0.6) is 5.75 Å². The summed E-state index contributed by atoms with van der Waals surface area (Å²) >= 11 is 0. The van der Waals surface area contributed by atoms with Gasteiger partial charge in [-0.15, -0.1) is 10.2 Å². The van der Waals surface area contributed by atoms with Crippen molar-refractivity contribution in [2.45, 2.75) is 13.8 Å². The molecule has 3 aromatic rings. The lowest BCUT2D eigenvalue weighted by Gasteiger charge is -2.35. The molecule has 0 spiro atoms. The Balaban J connectivity index is 1.28. The van der Waals surface area contributed by atoms with Crippen LogP contribution in [-0.2, 0) is 9.59 Å². The molecule has 1 fully saturated rings. The van der Waals surface area contributed by atoms with Crippen molar-refractivity contribution in [1.82, 2.24) is 15.1 Å². The molecule has 0 bridgehead atoms. The summed E-state index contributed by atoms with van der Waals surface area (Å²) in [5.74, 6) is 1.12. The van der Waals surface area contributed by atoms with E-state index in [0.29, 0.717) is 37.6 Å². The van der Waals surface area contributed by atoms with Crippen molar-refractivity contribution >= 4 is 23.3 Å². The van der Waals surface area contributed by atoms with E-state index in [-0.39, 0.29) is 18.4 Å². The molecule has 8 nitrogen and oxygen atoms in total. The number of carbonyl (C=O) groups excluding carboxylic acids is 2. The highest BCUT2D eigenvalue weighted by Gasteiger charge is 2.22. The van der Waals surface area contributed by atoms with E-state index in [1.165, 1.54) is 6.92 Å². The number of piperazine rings is 1. The Hall–Kier alpha value is -3.94. The van der Waals surface area contributed by atoms with Gasteiger partial charge in [0.15, 0.2) is 12.4 Å². The summed E-state index contributed by atoms with van der Waals surface area (Å²) in [4.78, 5) is 27.7. The first-order valence-electron chi connectivity index (χ1n) is 10.9. The predicted octanol–water partition coefficient (Wildman–Crippen LogP) is 3.14. The molecule has 1 aliphatic heterocycles. The Bertz CT molecular complexity index is 1120. The van der Waals surface area contributed by atoms with Crippen LogP contribution in [0.3, 0.4) is 0 Å². The van der Waals surface area contributed by atoms with Gasteiger partial charge in [-0.2, -0.15) is 0 Å². The van der Waals surface area contributed by atoms with Gasteiger partial charge in [-0.3, -0.25) is 9.59 Å². The fourth-order valence-electron chi connectivity index (χ4n) is 3.79. The maximum Gasteiger partial charge on any atom is 0.260 e. The monoisotopic (exact) mass is 445 g/mol. The zero-order valence-corrected chi connectivity index (χ0v) is 18.8. The van der Waals surface area contributed by atoms with Crippen LogP contribution in [0.4, 0.5) is 11.5 Å². The van der Waals surface area contributed by atoms with E-state index in [1.807, 2.05) is 30.3 Å². The molecule has 0 saturated carbocycles. The minimum atomic E-state index is -0.157. The summed E-state index contributed by atoms with van der Waals surface area (Å²) in [7, 11) is 0. The van der Waals surface area contributed by atoms with Crippen LogP contribution in [0.15, 0.2) is 60.7 Å². The minimum Gasteiger partial charge on any atom is -0.484 e. The number of nitrogens with zero attached hydrogens (tertiary/aromatic N) is 4. The number of amides is 2. The molecule has 170 valence electrons. The maximum atomic E-state index is 12.6. The van der Waals surface area contributed by atoms with Crippen molar-refractivity contribution in [3.63, 3.8) is 0 Å². The smallest absolute Gasteiger partial charge is 0.260 e. The summed E-state index contributed by atoms with van der Waals surface area (Å²) in [5.41, 5.74) is 3.73. The Labute approximate surface area is 193 Å². The molecule has 1 N–H and O–H groups in total. The Morgan fingerprint density at radius 3 is 2.45 bits per heavy atom. The Morgan fingerprint density at radius 1 is 0.970 bits per heavy atom. The standard InChI is InChI=1S/C25H27N5O3/c1-18-6-3-4-9-22(18)23-10-11-24(28-27-23)29-12-14-30(15-13-29)25(32)17-33-21-8-5-7-20(16-21)26-19(2)31/h3-11,16H,12-15,17H2,1-2H3,(H,26,31). The largest absolute Gasteiger partial charge is 0.484 e. The fourth-order valence-corrected chi connectivity index (χ4v) is 3.79. The molecule has 1 aromatic heterocycles. The second-order valence-corrected chi connectivity index (χ2v) is 7.96. The number of anilines is 2. The molecular formula is C25H27N5O3. The van der Waals surface area contributed by atoms with Gasteiger partial charge in [0.25, 0.3) is 5.91 Å². The zero-order chi connectivity index (χ0) is 23.2. The van der Waals surface area contributed by atoms with Crippen molar-refractivity contribution in [2.24, 2.45) is 0 Å². The highest BCUT2D eigenvalue weighted by atomic mass is 16.5. The number of nitrogens with one attached hydrogen (secondary N) is 1. The van der Waals surface area contributed by atoms with Crippen molar-refractivity contribution in [3.05, 3.63) is 66.2 Å². The third-order valence-electron chi connectivity index (χ3n) is 5.54. The van der Waals surface area contributed by atoms with Crippen LogP contribution in [-0.4, -0.2) is 59.7 Å². The molecule has 2 heterocycles. The third-order valence-corrected chi connectivity index (χ3v) is 5.54. The summed E-state index contributed by atoms with van der Waals surface area (Å²) in [6, 6.07) is 19.1. The van der Waals surface area contributed by atoms with Crippen LogP contribution in [0, 0.1) is 6.92 Å². The first-order valence-corrected chi connectivity index (χ1v) is 10.9. The van der Waals surface area contributed by atoms with Crippen LogP contribution >= 0.6 is 0 Å². The number of carbonyl (C=O) groups is 2. The average molecular weight is 446 g/mol. The third kappa shape index (κ3) is 5.65. The van der Waals surface area contributed by atoms with E-state index in [0.717, 1.165) is 22.6 Å². The van der Waals surface area contributed by atoms with Crippen molar-refractivity contribution in [3.8, 4) is 17.0 Å². The Morgan fingerprint density at radius 2 is 1.76 bits per heavy atom. The summed E-state index contributed by atoms with van der Waals surface area (Å²) < 4.78 is 5.64. The van der Waals surface area contributed by atoms with Crippen molar-refractivity contribution < 1.29 is 14.3 Å². The van der Waals surface area contributed by atoms with E-state index in [4.69, 9.17) is 4.74 Å². The minimum absolute atomic E-state index is 0.0472. The van der Waals surface area contributed by atoms with E-state index >= 15 is 0 Å². The van der Waals surface area contributed by atoms with Gasteiger partial charge in [0.05, 0.1) is 5.69 Å². The Kier molecular flexibility index (Phi) is 6.83. The van der Waals surface area contributed by atoms with Crippen LogP contribution in [0.2, 0.25) is 0 Å². The van der Waals surface area contributed by atoms with E-state index in [9.17, 15) is 9.59 Å². The van der Waals surface area contributed by atoms with Crippen LogP contribution in [0.1, 0.15) is 12.5 Å². The molecule has 2 aromatic carbocycles. The van der Waals surface area contributed by atoms with Crippen LogP contribution in [0.25, 0.3) is 11.3 Å². The maximum absolute atomic E-state index is 12.6. The predicted molar refractivity (Wildman–Crippen MR) is 127 cm³/mol. The molecule has 0 radical (unpaired) electrons. The number of aryl methyl sites for hydroxylation is 1. The van der Waals surface area contributed by atoms with Gasteiger partial charge >= 0.3 is 0 Å². The van der Waals surface area contributed by atoms with Gasteiger partial charge in [0, 0.05) is 50.4 Å². The van der Waals surface area contributed by atoms with Gasteiger partial charge in [0.1, 0.15) is 5.75 Å². The van der Waals surface area contributed by atoms with Gasteiger partial charge in [-0.1, -0.05) is 30.3 Å². The summed E-state index contributed by atoms with van der Waals surface area (Å²) in [5, 5.41) is 11.5. The second-order valence-electron chi connectivity index (χ2n) is 7.96. The van der Waals surface area contributed by atoms with Crippen molar-refractivity contribution in [2.75, 3.05) is 43.0 Å². The number of ether oxygens (including phenoxy) is 1. The number of benzene rings is 2. The average Bonchev–Trinajstić information content (AvgIpc) is 2.83. The number of rotatable bonds is 6.